The number of nitrogens with zero attached hydrogens (tertiary/aromatic N) is 1. The van der Waals surface area contributed by atoms with Crippen LogP contribution in [-0.2, 0) is 11.8 Å². The maximum absolute atomic E-state index is 12.6. The Kier molecular flexibility index (Phi) is 3.41. The first-order valence-corrected chi connectivity index (χ1v) is 7.44. The molecule has 4 heteroatoms. The van der Waals surface area contributed by atoms with Crippen molar-refractivity contribution in [3.63, 3.8) is 0 Å². The molecule has 0 fully saturated rings. The zero-order chi connectivity index (χ0) is 13.5. The number of anilines is 1. The molecule has 2 rings (SSSR count). The van der Waals surface area contributed by atoms with E-state index in [1.165, 1.54) is 10.4 Å². The molecule has 1 aromatic rings. The third kappa shape index (κ3) is 1.92. The Morgan fingerprint density at radius 3 is 2.56 bits per heavy atom. The predicted molar refractivity (Wildman–Crippen MR) is 77.3 cm³/mol. The Morgan fingerprint density at radius 2 is 2.00 bits per heavy atom. The number of nitrogen functional groups attached to an aromatic ring is 1. The van der Waals surface area contributed by atoms with Gasteiger partial charge in [0.25, 0.3) is 5.91 Å². The first-order chi connectivity index (χ1) is 8.42. The van der Waals surface area contributed by atoms with Crippen molar-refractivity contribution in [2.24, 2.45) is 0 Å². The summed E-state index contributed by atoms with van der Waals surface area (Å²) in [6.07, 6.45) is 2.18. The van der Waals surface area contributed by atoms with E-state index < -0.39 is 0 Å². The van der Waals surface area contributed by atoms with Crippen LogP contribution in [0.5, 0.6) is 0 Å². The van der Waals surface area contributed by atoms with Crippen molar-refractivity contribution in [1.82, 2.24) is 4.90 Å². The van der Waals surface area contributed by atoms with Crippen LogP contribution in [0.2, 0.25) is 0 Å². The number of hydrogen-bond acceptors (Lipinski definition) is 3. The molecule has 0 radical (unpaired) electrons. The highest BCUT2D eigenvalue weighted by Crippen LogP contribution is 2.47. The summed E-state index contributed by atoms with van der Waals surface area (Å²) in [4.78, 5) is 15.8. The highest BCUT2D eigenvalue weighted by molar-refractivity contribution is 7.16. The van der Waals surface area contributed by atoms with Gasteiger partial charge in [-0.25, -0.2) is 0 Å². The number of carbonyl (C=O) groups excluding carboxylic acids is 1. The molecule has 0 saturated carbocycles. The molecule has 1 aliphatic rings. The maximum Gasteiger partial charge on any atom is 0.257 e. The third-order valence-electron chi connectivity index (χ3n) is 3.93. The van der Waals surface area contributed by atoms with E-state index in [0.717, 1.165) is 31.5 Å². The van der Waals surface area contributed by atoms with Gasteiger partial charge in [-0.2, -0.15) is 0 Å². The van der Waals surface area contributed by atoms with Gasteiger partial charge in [0.15, 0.2) is 0 Å². The first kappa shape index (κ1) is 13.4. The van der Waals surface area contributed by atoms with Crippen molar-refractivity contribution in [2.45, 2.75) is 46.0 Å². The molecule has 100 valence electrons. The van der Waals surface area contributed by atoms with Gasteiger partial charge in [-0.3, -0.25) is 4.79 Å². The van der Waals surface area contributed by atoms with Gasteiger partial charge in [0, 0.05) is 18.0 Å². The molecule has 1 amide bonds. The molecule has 0 saturated heterocycles. The fourth-order valence-electron chi connectivity index (χ4n) is 2.82. The first-order valence-electron chi connectivity index (χ1n) is 6.63. The van der Waals surface area contributed by atoms with Crippen LogP contribution in [0.1, 0.15) is 54.9 Å². The smallest absolute Gasteiger partial charge is 0.257 e. The average molecular weight is 266 g/mol. The quantitative estimate of drug-likeness (QED) is 0.914. The van der Waals surface area contributed by atoms with Gasteiger partial charge in [0.2, 0.25) is 0 Å². The number of amides is 1. The zero-order valence-corrected chi connectivity index (χ0v) is 12.5. The highest BCUT2D eigenvalue weighted by atomic mass is 32.1. The molecule has 0 spiro atoms. The van der Waals surface area contributed by atoms with E-state index in [-0.39, 0.29) is 11.3 Å². The third-order valence-corrected chi connectivity index (χ3v) is 5.01. The summed E-state index contributed by atoms with van der Waals surface area (Å²) in [5.41, 5.74) is 8.17. The molecule has 0 unspecified atom stereocenters. The van der Waals surface area contributed by atoms with Crippen molar-refractivity contribution in [2.75, 3.05) is 18.8 Å². The Hall–Kier alpha value is -1.03. The second-order valence-electron chi connectivity index (χ2n) is 5.50. The number of rotatable bonds is 3. The number of carbonyl (C=O) groups is 1. The van der Waals surface area contributed by atoms with Crippen molar-refractivity contribution in [3.8, 4) is 0 Å². The fraction of sp³-hybridized carbons (Fsp3) is 0.643. The second kappa shape index (κ2) is 4.57. The average Bonchev–Trinajstić information content (AvgIpc) is 2.78. The summed E-state index contributed by atoms with van der Waals surface area (Å²) < 4.78 is 0. The van der Waals surface area contributed by atoms with Crippen LogP contribution in [0.3, 0.4) is 0 Å². The van der Waals surface area contributed by atoms with Crippen molar-refractivity contribution in [1.29, 1.82) is 0 Å². The van der Waals surface area contributed by atoms with E-state index >= 15 is 0 Å². The monoisotopic (exact) mass is 266 g/mol. The van der Waals surface area contributed by atoms with Crippen molar-refractivity contribution >= 4 is 22.2 Å². The Labute approximate surface area is 113 Å². The van der Waals surface area contributed by atoms with Crippen LogP contribution in [0.4, 0.5) is 5.00 Å². The zero-order valence-electron chi connectivity index (χ0n) is 11.7. The lowest BCUT2D eigenvalue weighted by Crippen LogP contribution is -2.32. The van der Waals surface area contributed by atoms with E-state index in [4.69, 9.17) is 5.73 Å². The summed E-state index contributed by atoms with van der Waals surface area (Å²) in [6.45, 7) is 9.91. The number of aryl methyl sites for hydroxylation is 1. The van der Waals surface area contributed by atoms with Crippen LogP contribution in [-0.4, -0.2) is 23.9 Å². The lowest BCUT2D eigenvalue weighted by Gasteiger charge is -2.24. The molecule has 0 aromatic carbocycles. The molecule has 3 nitrogen and oxygen atoms in total. The molecular formula is C14H22N2OS. The molecule has 18 heavy (non-hydrogen) atoms. The number of hydrogen-bond donors (Lipinski definition) is 1. The van der Waals surface area contributed by atoms with Crippen molar-refractivity contribution < 1.29 is 4.79 Å². The van der Waals surface area contributed by atoms with Gasteiger partial charge in [0.1, 0.15) is 0 Å². The summed E-state index contributed by atoms with van der Waals surface area (Å²) in [6, 6.07) is 0. The summed E-state index contributed by atoms with van der Waals surface area (Å²) in [7, 11) is 0. The second-order valence-corrected chi connectivity index (χ2v) is 6.64. The Bertz CT molecular complexity index is 472. The molecule has 1 aromatic heterocycles. The van der Waals surface area contributed by atoms with E-state index in [1.807, 2.05) is 18.7 Å². The molecule has 1 aliphatic carbocycles. The summed E-state index contributed by atoms with van der Waals surface area (Å²) in [5.74, 6) is 0.102. The van der Waals surface area contributed by atoms with Crippen molar-refractivity contribution in [3.05, 3.63) is 16.0 Å². The summed E-state index contributed by atoms with van der Waals surface area (Å²) >= 11 is 1.60. The highest BCUT2D eigenvalue weighted by Gasteiger charge is 2.38. The minimum Gasteiger partial charge on any atom is -0.390 e. The van der Waals surface area contributed by atoms with Gasteiger partial charge in [0.05, 0.1) is 10.6 Å². The molecule has 0 atom stereocenters. The topological polar surface area (TPSA) is 46.3 Å². The minimum absolute atomic E-state index is 0.0849. The molecular weight excluding hydrogens is 244 g/mol. The predicted octanol–water partition coefficient (Wildman–Crippen LogP) is 3.04. The van der Waals surface area contributed by atoms with Gasteiger partial charge >= 0.3 is 0 Å². The SMILES string of the molecule is CCN(CC)C(=O)c1c(N)sc2c1C(C)(C)CC2. The lowest BCUT2D eigenvalue weighted by molar-refractivity contribution is 0.0772. The Balaban J connectivity index is 2.49. The molecule has 0 aliphatic heterocycles. The maximum atomic E-state index is 12.6. The van der Waals surface area contributed by atoms with Gasteiger partial charge < -0.3 is 10.6 Å². The normalized spacial score (nSPS) is 16.7. The van der Waals surface area contributed by atoms with Crippen LogP contribution in [0.25, 0.3) is 0 Å². The van der Waals surface area contributed by atoms with Crippen LogP contribution < -0.4 is 5.73 Å². The number of thiophene rings is 1. The van der Waals surface area contributed by atoms with Crippen LogP contribution in [0, 0.1) is 0 Å². The van der Waals surface area contributed by atoms with E-state index in [0.29, 0.717) is 5.00 Å². The lowest BCUT2D eigenvalue weighted by atomic mass is 9.85. The van der Waals surface area contributed by atoms with Gasteiger partial charge in [-0.05, 0) is 37.7 Å². The molecule has 1 heterocycles. The van der Waals surface area contributed by atoms with E-state index in [2.05, 4.69) is 13.8 Å². The molecule has 0 bridgehead atoms. The standard InChI is InChI=1S/C14H22N2OS/c1-5-16(6-2)13(17)10-11-9(18-12(10)15)7-8-14(11,3)4/h5-8,15H2,1-4H3. The van der Waals surface area contributed by atoms with Crippen LogP contribution >= 0.6 is 11.3 Å². The largest absolute Gasteiger partial charge is 0.390 e. The minimum atomic E-state index is 0.0849. The van der Waals surface area contributed by atoms with Gasteiger partial charge in [-0.1, -0.05) is 13.8 Å². The summed E-state index contributed by atoms with van der Waals surface area (Å²) in [5, 5.41) is 0.699. The number of fused-ring (bicyclic) bond motifs is 1. The fourth-order valence-corrected chi connectivity index (χ4v) is 4.06. The Morgan fingerprint density at radius 1 is 1.39 bits per heavy atom. The molecule has 2 N–H and O–H groups in total. The van der Waals surface area contributed by atoms with E-state index in [9.17, 15) is 4.79 Å². The van der Waals surface area contributed by atoms with E-state index in [1.54, 1.807) is 11.3 Å². The van der Waals surface area contributed by atoms with Gasteiger partial charge in [-0.15, -0.1) is 11.3 Å². The number of nitrogens with two attached hydrogens (primary N) is 1. The van der Waals surface area contributed by atoms with Crippen LogP contribution in [0.15, 0.2) is 0 Å².